The molecule has 4 heteroatoms. The number of carbonyl (C=O) groups is 1. The monoisotopic (exact) mass is 180 g/mol. The van der Waals surface area contributed by atoms with E-state index in [4.69, 9.17) is 10.6 Å². The van der Waals surface area contributed by atoms with Crippen LogP contribution in [0.25, 0.3) is 0 Å². The molecule has 1 aromatic rings. The van der Waals surface area contributed by atoms with E-state index in [1.807, 2.05) is 0 Å². The maximum atomic E-state index is 11.2. The van der Waals surface area contributed by atoms with E-state index in [2.05, 4.69) is 5.43 Å². The van der Waals surface area contributed by atoms with Crippen LogP contribution in [0.1, 0.15) is 17.3 Å². The molecule has 13 heavy (non-hydrogen) atoms. The summed E-state index contributed by atoms with van der Waals surface area (Å²) >= 11 is 0. The van der Waals surface area contributed by atoms with Gasteiger partial charge in [-0.25, -0.2) is 4.79 Å². The van der Waals surface area contributed by atoms with Crippen LogP contribution in [-0.2, 0) is 4.74 Å². The molecule has 3 N–H and O–H groups in total. The number of anilines is 1. The van der Waals surface area contributed by atoms with Gasteiger partial charge in [0.25, 0.3) is 0 Å². The molecular formula is C9H12N2O2. The van der Waals surface area contributed by atoms with Crippen molar-refractivity contribution in [2.24, 2.45) is 5.84 Å². The number of nitrogens with two attached hydrogens (primary N) is 1. The van der Waals surface area contributed by atoms with Gasteiger partial charge in [0.2, 0.25) is 0 Å². The highest BCUT2D eigenvalue weighted by Gasteiger charge is 2.04. The van der Waals surface area contributed by atoms with E-state index in [0.717, 1.165) is 5.69 Å². The predicted molar refractivity (Wildman–Crippen MR) is 50.2 cm³/mol. The van der Waals surface area contributed by atoms with Gasteiger partial charge in [-0.05, 0) is 31.2 Å². The Hall–Kier alpha value is -1.55. The Labute approximate surface area is 76.7 Å². The molecule has 70 valence electrons. The van der Waals surface area contributed by atoms with Gasteiger partial charge in [-0.1, -0.05) is 0 Å². The number of esters is 1. The first-order valence-electron chi connectivity index (χ1n) is 4.01. The van der Waals surface area contributed by atoms with Gasteiger partial charge in [-0.3, -0.25) is 5.84 Å². The molecule has 0 saturated heterocycles. The number of hydrazine groups is 1. The molecule has 0 aliphatic rings. The van der Waals surface area contributed by atoms with Gasteiger partial charge in [0.15, 0.2) is 0 Å². The molecule has 0 bridgehead atoms. The quantitative estimate of drug-likeness (QED) is 0.416. The summed E-state index contributed by atoms with van der Waals surface area (Å²) < 4.78 is 4.81. The fraction of sp³-hybridized carbons (Fsp3) is 0.222. The van der Waals surface area contributed by atoms with Crippen molar-refractivity contribution in [2.75, 3.05) is 12.0 Å². The molecule has 0 spiro atoms. The zero-order valence-electron chi connectivity index (χ0n) is 7.41. The largest absolute Gasteiger partial charge is 0.462 e. The molecule has 0 radical (unpaired) electrons. The van der Waals surface area contributed by atoms with Gasteiger partial charge in [0, 0.05) is 5.69 Å². The molecule has 0 aliphatic carbocycles. The molecule has 0 amide bonds. The van der Waals surface area contributed by atoms with Crippen molar-refractivity contribution in [2.45, 2.75) is 6.92 Å². The summed E-state index contributed by atoms with van der Waals surface area (Å²) in [5.41, 5.74) is 3.76. The summed E-state index contributed by atoms with van der Waals surface area (Å²) in [6.07, 6.45) is 0. The highest BCUT2D eigenvalue weighted by molar-refractivity contribution is 5.89. The average Bonchev–Trinajstić information content (AvgIpc) is 2.18. The van der Waals surface area contributed by atoms with Crippen molar-refractivity contribution in [1.29, 1.82) is 0 Å². The lowest BCUT2D eigenvalue weighted by Gasteiger charge is -2.02. The van der Waals surface area contributed by atoms with Crippen molar-refractivity contribution < 1.29 is 9.53 Å². The molecular weight excluding hydrogens is 168 g/mol. The second-order valence-electron chi connectivity index (χ2n) is 2.44. The molecule has 0 heterocycles. The maximum Gasteiger partial charge on any atom is 0.338 e. The van der Waals surface area contributed by atoms with E-state index in [9.17, 15) is 4.79 Å². The van der Waals surface area contributed by atoms with Crippen LogP contribution in [0.15, 0.2) is 24.3 Å². The Morgan fingerprint density at radius 3 is 2.54 bits per heavy atom. The zero-order valence-corrected chi connectivity index (χ0v) is 7.41. The van der Waals surface area contributed by atoms with Crippen LogP contribution in [0.4, 0.5) is 5.69 Å². The van der Waals surface area contributed by atoms with E-state index in [1.165, 1.54) is 0 Å². The number of rotatable bonds is 3. The van der Waals surface area contributed by atoms with Gasteiger partial charge in [0.05, 0.1) is 12.2 Å². The summed E-state index contributed by atoms with van der Waals surface area (Å²) in [6.45, 7) is 2.16. The third-order valence-corrected chi connectivity index (χ3v) is 1.56. The topological polar surface area (TPSA) is 64.3 Å². The molecule has 0 unspecified atom stereocenters. The number of ether oxygens (including phenoxy) is 1. The Morgan fingerprint density at radius 1 is 1.46 bits per heavy atom. The number of benzene rings is 1. The van der Waals surface area contributed by atoms with Crippen LogP contribution < -0.4 is 11.3 Å². The van der Waals surface area contributed by atoms with E-state index >= 15 is 0 Å². The maximum absolute atomic E-state index is 11.2. The van der Waals surface area contributed by atoms with E-state index in [0.29, 0.717) is 12.2 Å². The molecule has 0 aromatic heterocycles. The smallest absolute Gasteiger partial charge is 0.338 e. The van der Waals surface area contributed by atoms with Gasteiger partial charge < -0.3 is 10.2 Å². The van der Waals surface area contributed by atoms with Crippen LogP contribution in [0.2, 0.25) is 0 Å². The van der Waals surface area contributed by atoms with Crippen LogP contribution in [-0.4, -0.2) is 12.6 Å². The molecule has 1 rings (SSSR count). The van der Waals surface area contributed by atoms with Crippen molar-refractivity contribution in [3.63, 3.8) is 0 Å². The Morgan fingerprint density at radius 2 is 2.08 bits per heavy atom. The number of carbonyl (C=O) groups excluding carboxylic acids is 1. The Balaban J connectivity index is 2.74. The second-order valence-corrected chi connectivity index (χ2v) is 2.44. The lowest BCUT2D eigenvalue weighted by molar-refractivity contribution is 0.0526. The predicted octanol–water partition coefficient (Wildman–Crippen LogP) is 1.15. The van der Waals surface area contributed by atoms with Gasteiger partial charge in [-0.2, -0.15) is 0 Å². The van der Waals surface area contributed by atoms with Crippen molar-refractivity contribution in [3.05, 3.63) is 29.8 Å². The summed E-state index contributed by atoms with van der Waals surface area (Å²) in [6, 6.07) is 6.75. The molecule has 0 saturated carbocycles. The summed E-state index contributed by atoms with van der Waals surface area (Å²) in [4.78, 5) is 11.2. The van der Waals surface area contributed by atoms with E-state index < -0.39 is 0 Å². The minimum Gasteiger partial charge on any atom is -0.462 e. The SMILES string of the molecule is CCOC(=O)c1ccc(NN)cc1. The van der Waals surface area contributed by atoms with E-state index in [1.54, 1.807) is 31.2 Å². The molecule has 4 nitrogen and oxygen atoms in total. The number of hydrogen-bond donors (Lipinski definition) is 2. The van der Waals surface area contributed by atoms with Gasteiger partial charge in [0.1, 0.15) is 0 Å². The molecule has 1 aromatic carbocycles. The van der Waals surface area contributed by atoms with Crippen LogP contribution in [0, 0.1) is 0 Å². The first-order valence-corrected chi connectivity index (χ1v) is 4.01. The van der Waals surface area contributed by atoms with Crippen LogP contribution in [0.3, 0.4) is 0 Å². The van der Waals surface area contributed by atoms with Crippen molar-refractivity contribution in [1.82, 2.24) is 0 Å². The summed E-state index contributed by atoms with van der Waals surface area (Å²) in [5, 5.41) is 0. The molecule has 0 aliphatic heterocycles. The van der Waals surface area contributed by atoms with Crippen LogP contribution in [0.5, 0.6) is 0 Å². The zero-order chi connectivity index (χ0) is 9.68. The second kappa shape index (κ2) is 4.47. The minimum absolute atomic E-state index is 0.314. The number of hydrogen-bond acceptors (Lipinski definition) is 4. The van der Waals surface area contributed by atoms with Crippen molar-refractivity contribution in [3.8, 4) is 0 Å². The standard InChI is InChI=1S/C9H12N2O2/c1-2-13-9(12)7-3-5-8(11-10)6-4-7/h3-6,11H,2,10H2,1H3. The van der Waals surface area contributed by atoms with Gasteiger partial charge >= 0.3 is 5.97 Å². The van der Waals surface area contributed by atoms with Crippen LogP contribution >= 0.6 is 0 Å². The average molecular weight is 180 g/mol. The normalized spacial score (nSPS) is 9.38. The van der Waals surface area contributed by atoms with Crippen molar-refractivity contribution >= 4 is 11.7 Å². The third kappa shape index (κ3) is 2.45. The molecule has 0 fully saturated rings. The summed E-state index contributed by atoms with van der Waals surface area (Å²) in [5.74, 6) is 4.85. The highest BCUT2D eigenvalue weighted by Crippen LogP contribution is 2.08. The molecule has 0 atom stereocenters. The number of nitrogens with one attached hydrogen (secondary N) is 1. The van der Waals surface area contributed by atoms with E-state index in [-0.39, 0.29) is 5.97 Å². The first-order chi connectivity index (χ1) is 6.27. The fourth-order valence-electron chi connectivity index (χ4n) is 0.917. The fourth-order valence-corrected chi connectivity index (χ4v) is 0.917. The number of nitrogen functional groups attached to an aromatic ring is 1. The summed E-state index contributed by atoms with van der Waals surface area (Å²) in [7, 11) is 0. The van der Waals surface area contributed by atoms with Gasteiger partial charge in [-0.15, -0.1) is 0 Å². The lowest BCUT2D eigenvalue weighted by atomic mass is 10.2. The highest BCUT2D eigenvalue weighted by atomic mass is 16.5. The first kappa shape index (κ1) is 9.54. The Bertz CT molecular complexity index is 282. The minimum atomic E-state index is -0.314. The third-order valence-electron chi connectivity index (χ3n) is 1.56. The Kier molecular flexibility index (Phi) is 3.28. The lowest BCUT2D eigenvalue weighted by Crippen LogP contribution is -2.08.